The van der Waals surface area contributed by atoms with Crippen LogP contribution in [0.4, 0.5) is 4.39 Å². The van der Waals surface area contributed by atoms with Crippen LogP contribution in [-0.4, -0.2) is 21.8 Å². The van der Waals surface area contributed by atoms with Gasteiger partial charge in [-0.2, -0.15) is 10.2 Å². The maximum absolute atomic E-state index is 13.0. The van der Waals surface area contributed by atoms with Crippen molar-refractivity contribution in [2.24, 2.45) is 5.10 Å². The summed E-state index contributed by atoms with van der Waals surface area (Å²) in [5, 5.41) is 11.1. The number of hydrazone groups is 1. The second-order valence-corrected chi connectivity index (χ2v) is 5.31. The number of hydrogen-bond acceptors (Lipinski definition) is 4. The number of H-pyrrole nitrogens is 1. The van der Waals surface area contributed by atoms with Crippen LogP contribution in [0.25, 0.3) is 10.8 Å². The van der Waals surface area contributed by atoms with Gasteiger partial charge in [-0.15, -0.1) is 0 Å². The number of hydrogen-bond donors (Lipinski definition) is 2. The normalized spacial score (nSPS) is 11.5. The van der Waals surface area contributed by atoms with Crippen LogP contribution in [0.3, 0.4) is 0 Å². The molecule has 25 heavy (non-hydrogen) atoms. The van der Waals surface area contributed by atoms with Crippen molar-refractivity contribution in [3.05, 3.63) is 76.0 Å². The van der Waals surface area contributed by atoms with Crippen LogP contribution < -0.4 is 11.0 Å². The molecule has 0 saturated heterocycles. The number of aromatic amines is 1. The number of aromatic nitrogens is 2. The molecule has 1 amide bonds. The maximum atomic E-state index is 13.0. The van der Waals surface area contributed by atoms with Gasteiger partial charge in [0.1, 0.15) is 5.82 Å². The summed E-state index contributed by atoms with van der Waals surface area (Å²) in [5.74, 6) is -0.882. The van der Waals surface area contributed by atoms with E-state index in [0.717, 1.165) is 0 Å². The molecule has 0 unspecified atom stereocenters. The minimum atomic E-state index is -0.541. The molecule has 0 radical (unpaired) electrons. The second kappa shape index (κ2) is 7.04. The molecule has 0 fully saturated rings. The fourth-order valence-corrected chi connectivity index (χ4v) is 2.45. The molecule has 7 heteroatoms. The Bertz CT molecular complexity index is 1010. The minimum Gasteiger partial charge on any atom is -0.267 e. The lowest BCUT2D eigenvalue weighted by molar-refractivity contribution is 0.0950. The van der Waals surface area contributed by atoms with Crippen molar-refractivity contribution in [2.45, 2.75) is 13.3 Å². The minimum absolute atomic E-state index is 0.0773. The summed E-state index contributed by atoms with van der Waals surface area (Å²) < 4.78 is 13.0. The van der Waals surface area contributed by atoms with E-state index in [-0.39, 0.29) is 17.1 Å². The zero-order chi connectivity index (χ0) is 17.8. The third-order valence-electron chi connectivity index (χ3n) is 3.72. The standard InChI is InChI=1S/C18H15FN4O2/c1-2-15(11-7-9-12(19)10-8-11)20-23-18(25)16-13-5-3-4-6-14(13)17(24)22-21-16/h3-10H,2H2,1H3,(H,22,24)(H,23,25)/b20-15+. The largest absolute Gasteiger partial charge is 0.292 e. The Morgan fingerprint density at radius 1 is 1.16 bits per heavy atom. The lowest BCUT2D eigenvalue weighted by atomic mass is 10.1. The smallest absolute Gasteiger partial charge is 0.267 e. The van der Waals surface area contributed by atoms with Gasteiger partial charge in [0, 0.05) is 5.39 Å². The number of carbonyl (C=O) groups excluding carboxylic acids is 1. The molecule has 0 aliphatic heterocycles. The van der Waals surface area contributed by atoms with Gasteiger partial charge in [0.2, 0.25) is 0 Å². The van der Waals surface area contributed by atoms with Crippen LogP contribution in [0.2, 0.25) is 0 Å². The number of fused-ring (bicyclic) bond motifs is 1. The summed E-state index contributed by atoms with van der Waals surface area (Å²) >= 11 is 0. The summed E-state index contributed by atoms with van der Waals surface area (Å²) in [6.07, 6.45) is 0.547. The van der Waals surface area contributed by atoms with E-state index in [4.69, 9.17) is 0 Å². The van der Waals surface area contributed by atoms with Crippen molar-refractivity contribution in [3.8, 4) is 0 Å². The highest BCUT2D eigenvalue weighted by Gasteiger charge is 2.13. The first-order chi connectivity index (χ1) is 12.1. The maximum Gasteiger partial charge on any atom is 0.292 e. The van der Waals surface area contributed by atoms with Gasteiger partial charge in [-0.1, -0.05) is 37.3 Å². The SMILES string of the molecule is CC/C(=N\NC(=O)c1n[nH]c(=O)c2ccccc12)c1ccc(F)cc1. The van der Waals surface area contributed by atoms with Gasteiger partial charge in [-0.05, 0) is 30.2 Å². The van der Waals surface area contributed by atoms with Crippen LogP contribution in [0.1, 0.15) is 29.4 Å². The number of halogens is 1. The van der Waals surface area contributed by atoms with E-state index in [0.29, 0.717) is 28.5 Å². The first kappa shape index (κ1) is 16.5. The van der Waals surface area contributed by atoms with Crippen LogP contribution in [0, 0.1) is 5.82 Å². The van der Waals surface area contributed by atoms with E-state index in [1.54, 1.807) is 36.4 Å². The van der Waals surface area contributed by atoms with Gasteiger partial charge in [-0.25, -0.2) is 14.9 Å². The van der Waals surface area contributed by atoms with Gasteiger partial charge >= 0.3 is 0 Å². The van der Waals surface area contributed by atoms with E-state index in [2.05, 4.69) is 20.7 Å². The van der Waals surface area contributed by atoms with E-state index >= 15 is 0 Å². The van der Waals surface area contributed by atoms with E-state index in [1.807, 2.05) is 6.92 Å². The first-order valence-corrected chi connectivity index (χ1v) is 7.70. The molecule has 0 aliphatic carbocycles. The van der Waals surface area contributed by atoms with Crippen molar-refractivity contribution >= 4 is 22.4 Å². The number of benzene rings is 2. The second-order valence-electron chi connectivity index (χ2n) is 5.31. The topological polar surface area (TPSA) is 87.2 Å². The van der Waals surface area contributed by atoms with Gasteiger partial charge in [0.15, 0.2) is 5.69 Å². The van der Waals surface area contributed by atoms with Gasteiger partial charge in [-0.3, -0.25) is 9.59 Å². The molecule has 0 saturated carbocycles. The Hall–Kier alpha value is -3.35. The summed E-state index contributed by atoms with van der Waals surface area (Å²) in [6, 6.07) is 12.6. The Morgan fingerprint density at radius 2 is 1.84 bits per heavy atom. The molecule has 2 aromatic carbocycles. The van der Waals surface area contributed by atoms with Crippen molar-refractivity contribution in [3.63, 3.8) is 0 Å². The van der Waals surface area contributed by atoms with Crippen LogP contribution in [-0.2, 0) is 0 Å². The molecular weight excluding hydrogens is 323 g/mol. The van der Waals surface area contributed by atoms with E-state index in [9.17, 15) is 14.0 Å². The van der Waals surface area contributed by atoms with Crippen molar-refractivity contribution in [2.75, 3.05) is 0 Å². The zero-order valence-electron chi connectivity index (χ0n) is 13.4. The Labute approximate surface area is 142 Å². The molecule has 0 atom stereocenters. The quantitative estimate of drug-likeness (QED) is 0.566. The molecule has 3 rings (SSSR count). The predicted octanol–water partition coefficient (Wildman–Crippen LogP) is 2.61. The Morgan fingerprint density at radius 3 is 2.52 bits per heavy atom. The van der Waals surface area contributed by atoms with Gasteiger partial charge in [0.05, 0.1) is 11.1 Å². The molecule has 0 spiro atoms. The average molecular weight is 338 g/mol. The highest BCUT2D eigenvalue weighted by atomic mass is 19.1. The lowest BCUT2D eigenvalue weighted by Crippen LogP contribution is -2.24. The van der Waals surface area contributed by atoms with E-state index < -0.39 is 5.91 Å². The molecule has 3 aromatic rings. The van der Waals surface area contributed by atoms with Crippen LogP contribution in [0.5, 0.6) is 0 Å². The molecule has 1 aromatic heterocycles. The van der Waals surface area contributed by atoms with Gasteiger partial charge < -0.3 is 0 Å². The molecule has 1 heterocycles. The molecule has 0 aliphatic rings. The highest BCUT2D eigenvalue weighted by molar-refractivity contribution is 6.06. The van der Waals surface area contributed by atoms with Crippen molar-refractivity contribution < 1.29 is 9.18 Å². The monoisotopic (exact) mass is 338 g/mol. The van der Waals surface area contributed by atoms with Crippen molar-refractivity contribution in [1.82, 2.24) is 15.6 Å². The fourth-order valence-electron chi connectivity index (χ4n) is 2.45. The van der Waals surface area contributed by atoms with Crippen LogP contribution >= 0.6 is 0 Å². The predicted molar refractivity (Wildman–Crippen MR) is 93.1 cm³/mol. The Balaban J connectivity index is 1.90. The molecule has 126 valence electrons. The number of nitrogens with zero attached hydrogens (tertiary/aromatic N) is 2. The summed E-state index contributed by atoms with van der Waals surface area (Å²) in [4.78, 5) is 24.2. The summed E-state index contributed by atoms with van der Waals surface area (Å²) in [6.45, 7) is 1.88. The number of nitrogens with one attached hydrogen (secondary N) is 2. The number of amides is 1. The van der Waals surface area contributed by atoms with Crippen molar-refractivity contribution in [1.29, 1.82) is 0 Å². The summed E-state index contributed by atoms with van der Waals surface area (Å²) in [5.41, 5.74) is 3.47. The fraction of sp³-hybridized carbons (Fsp3) is 0.111. The average Bonchev–Trinajstić information content (AvgIpc) is 2.64. The first-order valence-electron chi connectivity index (χ1n) is 7.70. The number of rotatable bonds is 4. The number of carbonyl (C=O) groups is 1. The summed E-state index contributed by atoms with van der Waals surface area (Å²) in [7, 11) is 0. The Kier molecular flexibility index (Phi) is 4.65. The molecule has 6 nitrogen and oxygen atoms in total. The molecular formula is C18H15FN4O2. The molecule has 2 N–H and O–H groups in total. The van der Waals surface area contributed by atoms with Crippen LogP contribution in [0.15, 0.2) is 58.4 Å². The zero-order valence-corrected chi connectivity index (χ0v) is 13.4. The third kappa shape index (κ3) is 3.45. The van der Waals surface area contributed by atoms with E-state index in [1.165, 1.54) is 12.1 Å². The highest BCUT2D eigenvalue weighted by Crippen LogP contribution is 2.12. The molecule has 0 bridgehead atoms. The lowest BCUT2D eigenvalue weighted by Gasteiger charge is -2.06. The third-order valence-corrected chi connectivity index (χ3v) is 3.72. The van der Waals surface area contributed by atoms with Gasteiger partial charge in [0.25, 0.3) is 11.5 Å².